The number of ether oxygens (including phenoxy) is 2. The first-order valence-electron chi connectivity index (χ1n) is 9.25. The number of nitrogens with two attached hydrogens (primary N) is 1. The van der Waals surface area contributed by atoms with Gasteiger partial charge in [-0.05, 0) is 62.0 Å². The summed E-state index contributed by atoms with van der Waals surface area (Å²) in [5, 5.41) is 9.61. The van der Waals surface area contributed by atoms with Gasteiger partial charge in [-0.3, -0.25) is 0 Å². The first-order chi connectivity index (χ1) is 12.5. The molecule has 3 N–H and O–H groups in total. The van der Waals surface area contributed by atoms with Gasteiger partial charge in [0.15, 0.2) is 0 Å². The van der Waals surface area contributed by atoms with Gasteiger partial charge in [-0.2, -0.15) is 0 Å². The Morgan fingerprint density at radius 2 is 2.12 bits per heavy atom. The van der Waals surface area contributed by atoms with E-state index in [9.17, 15) is 9.90 Å². The van der Waals surface area contributed by atoms with E-state index in [0.717, 1.165) is 36.8 Å². The Morgan fingerprint density at radius 3 is 2.85 bits per heavy atom. The second kappa shape index (κ2) is 6.56. The van der Waals surface area contributed by atoms with Crippen LogP contribution < -0.4 is 5.73 Å². The molecule has 0 bridgehead atoms. The fourth-order valence-electron chi connectivity index (χ4n) is 4.15. The Balaban J connectivity index is 1.66. The Kier molecular flexibility index (Phi) is 4.37. The van der Waals surface area contributed by atoms with E-state index < -0.39 is 0 Å². The van der Waals surface area contributed by atoms with E-state index in [4.69, 9.17) is 15.2 Å². The van der Waals surface area contributed by atoms with Gasteiger partial charge in [-0.25, -0.2) is 4.79 Å². The molecule has 138 valence electrons. The number of hydrogen-bond acceptors (Lipinski definition) is 5. The lowest BCUT2D eigenvalue weighted by Gasteiger charge is -2.19. The first-order valence-corrected chi connectivity index (χ1v) is 9.25. The number of esters is 1. The minimum atomic E-state index is -0.261. The predicted molar refractivity (Wildman–Crippen MR) is 99.1 cm³/mol. The average molecular weight is 355 g/mol. The van der Waals surface area contributed by atoms with Crippen LogP contribution in [0.5, 0.6) is 0 Å². The number of hydrogen-bond donors (Lipinski definition) is 2. The molecule has 1 aromatic rings. The highest BCUT2D eigenvalue weighted by Gasteiger charge is 2.61. The Labute approximate surface area is 153 Å². The molecule has 1 aromatic carbocycles. The minimum absolute atomic E-state index is 0.0278. The summed E-state index contributed by atoms with van der Waals surface area (Å²) in [4.78, 5) is 12.6. The van der Waals surface area contributed by atoms with Gasteiger partial charge in [-0.1, -0.05) is 18.2 Å². The molecule has 5 heteroatoms. The van der Waals surface area contributed by atoms with Crippen LogP contribution in [0.1, 0.15) is 38.2 Å². The van der Waals surface area contributed by atoms with E-state index in [1.54, 1.807) is 0 Å². The van der Waals surface area contributed by atoms with Gasteiger partial charge in [0, 0.05) is 17.2 Å². The summed E-state index contributed by atoms with van der Waals surface area (Å²) in [5.41, 5.74) is 8.85. The van der Waals surface area contributed by atoms with Crippen LogP contribution in [0.4, 0.5) is 5.69 Å². The number of benzene rings is 1. The maximum Gasteiger partial charge on any atom is 0.334 e. The highest BCUT2D eigenvalue weighted by molar-refractivity contribution is 5.96. The predicted octanol–water partition coefficient (Wildman–Crippen LogP) is 2.84. The average Bonchev–Trinajstić information content (AvgIpc) is 3.20. The molecule has 0 saturated carbocycles. The largest absolute Gasteiger partial charge is 0.455 e. The fourth-order valence-corrected chi connectivity index (χ4v) is 4.15. The van der Waals surface area contributed by atoms with Gasteiger partial charge in [0.25, 0.3) is 0 Å². The molecule has 4 rings (SSSR count). The van der Waals surface area contributed by atoms with Gasteiger partial charge in [0.2, 0.25) is 0 Å². The molecule has 3 aliphatic rings. The zero-order valence-electron chi connectivity index (χ0n) is 15.0. The highest BCUT2D eigenvalue weighted by Crippen LogP contribution is 2.50. The van der Waals surface area contributed by atoms with Crippen LogP contribution in [0.3, 0.4) is 0 Å². The number of aliphatic hydroxyl groups excluding tert-OH is 1. The van der Waals surface area contributed by atoms with Crippen LogP contribution >= 0.6 is 0 Å². The van der Waals surface area contributed by atoms with Crippen LogP contribution in [0, 0.1) is 5.92 Å². The number of anilines is 1. The number of carbonyl (C=O) groups excluding carboxylic acids is 1. The molecule has 2 saturated heterocycles. The third kappa shape index (κ3) is 3.17. The molecule has 0 aromatic heterocycles. The molecule has 2 aliphatic heterocycles. The van der Waals surface area contributed by atoms with Crippen molar-refractivity contribution in [2.45, 2.75) is 50.4 Å². The van der Waals surface area contributed by atoms with Crippen LogP contribution in [0.15, 0.2) is 41.5 Å². The van der Waals surface area contributed by atoms with Crippen molar-refractivity contribution in [3.63, 3.8) is 0 Å². The summed E-state index contributed by atoms with van der Waals surface area (Å²) in [6.45, 7) is 2.14. The second-order valence-electron chi connectivity index (χ2n) is 7.69. The normalized spacial score (nSPS) is 37.3. The lowest BCUT2D eigenvalue weighted by molar-refractivity contribution is -0.139. The third-order valence-electron chi connectivity index (χ3n) is 5.83. The van der Waals surface area contributed by atoms with Crippen molar-refractivity contribution in [2.75, 3.05) is 12.3 Å². The molecule has 26 heavy (non-hydrogen) atoms. The molecular formula is C21H25NO4. The van der Waals surface area contributed by atoms with Crippen LogP contribution in [0.2, 0.25) is 0 Å². The second-order valence-corrected chi connectivity index (χ2v) is 7.69. The molecule has 5 nitrogen and oxygen atoms in total. The number of fused-ring (bicyclic) bond motifs is 3. The number of aliphatic hydroxyl groups is 1. The number of epoxide rings is 1. The summed E-state index contributed by atoms with van der Waals surface area (Å²) < 4.78 is 11.7. The Bertz CT molecular complexity index is 767. The van der Waals surface area contributed by atoms with Crippen molar-refractivity contribution >= 4 is 17.7 Å². The smallest absolute Gasteiger partial charge is 0.334 e. The Morgan fingerprint density at radius 1 is 1.35 bits per heavy atom. The Hall–Kier alpha value is -2.11. The van der Waals surface area contributed by atoms with Gasteiger partial charge >= 0.3 is 5.97 Å². The topological polar surface area (TPSA) is 85.1 Å². The van der Waals surface area contributed by atoms with E-state index in [0.29, 0.717) is 11.3 Å². The molecule has 0 spiro atoms. The van der Waals surface area contributed by atoms with E-state index in [1.165, 1.54) is 0 Å². The standard InChI is InChI=1S/C21H25NO4/c1-21-10-2-3-14(12-23)6-9-16-17(11-13-4-7-15(22)8-5-13)20(24)25-18(16)19(21)26-21/h3-5,7-8,11,16,18-19,23H,2,6,9-10,12,22H2,1H3/b14-3+,17-11+/t16-,18+,19+,21-/m1/s1. The highest BCUT2D eigenvalue weighted by atomic mass is 16.6. The molecule has 0 radical (unpaired) electrons. The molecule has 2 heterocycles. The SMILES string of the molecule is C[C@@]12CC/C=C(/CO)CC[C@@H]3/C(=C\c4ccc(N)cc4)C(=O)O[C@@H]3[C@@H]1O2. The minimum Gasteiger partial charge on any atom is -0.455 e. The molecule has 4 atom stereocenters. The molecule has 2 fully saturated rings. The summed E-state index contributed by atoms with van der Waals surface area (Å²) >= 11 is 0. The lowest BCUT2D eigenvalue weighted by Crippen LogP contribution is -2.29. The first kappa shape index (κ1) is 17.3. The molecule has 1 aliphatic carbocycles. The van der Waals surface area contributed by atoms with Crippen molar-refractivity contribution in [1.29, 1.82) is 0 Å². The molecule has 0 unspecified atom stereocenters. The van der Waals surface area contributed by atoms with E-state index in [2.05, 4.69) is 13.0 Å². The van der Waals surface area contributed by atoms with Gasteiger partial charge in [0.1, 0.15) is 12.2 Å². The van der Waals surface area contributed by atoms with Crippen LogP contribution in [-0.2, 0) is 14.3 Å². The van der Waals surface area contributed by atoms with Crippen LogP contribution in [0.25, 0.3) is 6.08 Å². The maximum absolute atomic E-state index is 12.6. The lowest BCUT2D eigenvalue weighted by atomic mass is 9.83. The summed E-state index contributed by atoms with van der Waals surface area (Å²) in [6.07, 6.45) is 7.01. The monoisotopic (exact) mass is 355 g/mol. The number of allylic oxidation sites excluding steroid dienone is 1. The molecular weight excluding hydrogens is 330 g/mol. The molecule has 0 amide bonds. The fraction of sp³-hybridized carbons (Fsp3) is 0.476. The van der Waals surface area contributed by atoms with Gasteiger partial charge in [0.05, 0.1) is 12.2 Å². The zero-order chi connectivity index (χ0) is 18.3. The zero-order valence-corrected chi connectivity index (χ0v) is 15.0. The van der Waals surface area contributed by atoms with E-state index in [-0.39, 0.29) is 36.3 Å². The third-order valence-corrected chi connectivity index (χ3v) is 5.83. The van der Waals surface area contributed by atoms with Crippen molar-refractivity contribution in [3.8, 4) is 0 Å². The number of nitrogen functional groups attached to an aromatic ring is 1. The van der Waals surface area contributed by atoms with Crippen molar-refractivity contribution < 1.29 is 19.4 Å². The quantitative estimate of drug-likeness (QED) is 0.280. The number of rotatable bonds is 2. The summed E-state index contributed by atoms with van der Waals surface area (Å²) in [6, 6.07) is 7.45. The maximum atomic E-state index is 12.6. The van der Waals surface area contributed by atoms with Crippen molar-refractivity contribution in [2.24, 2.45) is 5.92 Å². The summed E-state index contributed by atoms with van der Waals surface area (Å²) in [7, 11) is 0. The van der Waals surface area contributed by atoms with Crippen molar-refractivity contribution in [1.82, 2.24) is 0 Å². The van der Waals surface area contributed by atoms with Crippen molar-refractivity contribution in [3.05, 3.63) is 47.1 Å². The van der Waals surface area contributed by atoms with E-state index >= 15 is 0 Å². The van der Waals surface area contributed by atoms with E-state index in [1.807, 2.05) is 30.3 Å². The van der Waals surface area contributed by atoms with Crippen LogP contribution in [-0.4, -0.2) is 35.5 Å². The number of carbonyl (C=O) groups is 1. The summed E-state index contributed by atoms with van der Waals surface area (Å²) in [5.74, 6) is -0.289. The van der Waals surface area contributed by atoms with Gasteiger partial charge < -0.3 is 20.3 Å². The van der Waals surface area contributed by atoms with Gasteiger partial charge in [-0.15, -0.1) is 0 Å².